The molecule has 0 bridgehead atoms. The molecule has 61 heavy (non-hydrogen) atoms. The van der Waals surface area contributed by atoms with Crippen LogP contribution in [0.3, 0.4) is 0 Å². The number of aromatic nitrogens is 3. The number of nitrogens with one attached hydrogen (secondary N) is 2. The van der Waals surface area contributed by atoms with E-state index >= 15 is 0 Å². The number of aliphatic hydroxyl groups excluding tert-OH is 1. The molecule has 0 radical (unpaired) electrons. The second-order valence-electron chi connectivity index (χ2n) is 12.4. The van der Waals surface area contributed by atoms with Crippen molar-refractivity contribution in [1.82, 2.24) is 15.0 Å². The third-order valence-corrected chi connectivity index (χ3v) is 9.92. The lowest BCUT2D eigenvalue weighted by atomic mass is 10.1. The zero-order chi connectivity index (χ0) is 43.9. The molecule has 0 atom stereocenters. The van der Waals surface area contributed by atoms with Gasteiger partial charge in [0.15, 0.2) is 0 Å². The van der Waals surface area contributed by atoms with Crippen LogP contribution in [0, 0.1) is 0 Å². The van der Waals surface area contributed by atoms with Crippen molar-refractivity contribution in [2.75, 3.05) is 35.5 Å². The molecule has 5 aromatic carbocycles. The first kappa shape index (κ1) is 43.2. The maximum atomic E-state index is 12.2. The Morgan fingerprint density at radius 2 is 1.13 bits per heavy atom. The number of fused-ring (bicyclic) bond motifs is 1. The quantitative estimate of drug-likeness (QED) is 0.0276. The molecule has 6 aromatic rings. The number of nitrogens with zero attached hydrogens (tertiary/aromatic N) is 8. The summed E-state index contributed by atoms with van der Waals surface area (Å²) < 4.78 is 67.9. The Morgan fingerprint density at radius 1 is 0.639 bits per heavy atom. The summed E-state index contributed by atoms with van der Waals surface area (Å²) in [4.78, 5) is 40.5. The Hall–Kier alpha value is -7.35. The van der Waals surface area contributed by atoms with Crippen LogP contribution >= 0.6 is 0 Å². The largest absolute Gasteiger partial charge is 0.478 e. The van der Waals surface area contributed by atoms with E-state index in [0.29, 0.717) is 17.1 Å². The van der Waals surface area contributed by atoms with E-state index in [4.69, 9.17) is 4.84 Å². The van der Waals surface area contributed by atoms with Gasteiger partial charge in [-0.05, 0) is 91.9 Å². The summed E-state index contributed by atoms with van der Waals surface area (Å²) in [5, 5.41) is 51.5. The van der Waals surface area contributed by atoms with Gasteiger partial charge in [0, 0.05) is 22.1 Å². The van der Waals surface area contributed by atoms with Gasteiger partial charge in [-0.3, -0.25) is 13.9 Å². The standard InChI is InChI=1S/C37H32N10O12S2/c1-2-59-47(14-15-48)37-41-35(38-23-6-10-25(11-7-23)43-45-27-17-21(33(49)50)16-22(18-27)34(51)52)40-36(42-37)39-24-8-12-26(13-9-24)44-46-28-19-30-29(32(20-28)61(56,57)58)4-3-5-31(30)60(53,54)55/h3-13,16-20,48H,2,14-15H2,1H3,(H,49,50)(H,51,52)(H,53,54,55)(H,56,57,58)(H2,38,39,40,41,42)/b45-43+,46-44+. The number of carboxylic acid groups (broad SMARTS) is 2. The summed E-state index contributed by atoms with van der Waals surface area (Å²) in [6.07, 6.45) is 0. The fourth-order valence-corrected chi connectivity index (χ4v) is 6.91. The van der Waals surface area contributed by atoms with Crippen LogP contribution in [0.2, 0.25) is 0 Å². The van der Waals surface area contributed by atoms with Gasteiger partial charge in [0.2, 0.25) is 11.9 Å². The lowest BCUT2D eigenvalue weighted by Gasteiger charge is -2.21. The van der Waals surface area contributed by atoms with Crippen LogP contribution in [-0.4, -0.2) is 87.9 Å². The van der Waals surface area contributed by atoms with Gasteiger partial charge >= 0.3 is 11.9 Å². The van der Waals surface area contributed by atoms with Gasteiger partial charge < -0.3 is 26.0 Å². The van der Waals surface area contributed by atoms with Crippen LogP contribution in [0.25, 0.3) is 10.8 Å². The number of azo groups is 2. The number of hydrogen-bond donors (Lipinski definition) is 7. The molecule has 0 saturated heterocycles. The van der Waals surface area contributed by atoms with E-state index in [0.717, 1.165) is 18.2 Å². The molecule has 0 spiro atoms. The van der Waals surface area contributed by atoms with Crippen molar-refractivity contribution in [3.05, 3.63) is 108 Å². The third kappa shape index (κ3) is 11.0. The summed E-state index contributed by atoms with van der Waals surface area (Å²) >= 11 is 0. The summed E-state index contributed by atoms with van der Waals surface area (Å²) in [6, 6.07) is 21.8. The third-order valence-electron chi connectivity index (χ3n) is 8.11. The number of benzene rings is 5. The van der Waals surface area contributed by atoms with Gasteiger partial charge in [0.1, 0.15) is 9.79 Å². The van der Waals surface area contributed by atoms with Crippen molar-refractivity contribution in [3.8, 4) is 0 Å². The zero-order valence-electron chi connectivity index (χ0n) is 31.3. The number of carboxylic acids is 2. The first-order valence-corrected chi connectivity index (χ1v) is 20.4. The number of carbonyl (C=O) groups is 2. The van der Waals surface area contributed by atoms with Gasteiger partial charge in [-0.1, -0.05) is 12.1 Å². The first-order chi connectivity index (χ1) is 29.0. The molecule has 0 amide bonds. The van der Waals surface area contributed by atoms with Gasteiger partial charge in [0.25, 0.3) is 26.2 Å². The Labute approximate surface area is 345 Å². The SMILES string of the molecule is CCON(CCO)c1nc(Nc2ccc(/N=N/c3cc(C(=O)O)cc(C(=O)O)c3)cc2)nc(Nc2ccc(/N=N/c3cc(S(=O)(=O)O)c4cccc(S(=O)(=O)O)c4c3)cc2)n1. The Morgan fingerprint density at radius 3 is 1.59 bits per heavy atom. The first-order valence-electron chi connectivity index (χ1n) is 17.5. The molecule has 314 valence electrons. The average molecular weight is 873 g/mol. The fraction of sp³-hybridized carbons (Fsp3) is 0.108. The van der Waals surface area contributed by atoms with Crippen LogP contribution in [0.4, 0.5) is 52.0 Å². The lowest BCUT2D eigenvalue weighted by Crippen LogP contribution is -2.29. The number of aromatic carboxylic acids is 2. The highest BCUT2D eigenvalue weighted by atomic mass is 32.2. The van der Waals surface area contributed by atoms with Gasteiger partial charge in [-0.15, -0.1) is 0 Å². The van der Waals surface area contributed by atoms with E-state index in [1.165, 1.54) is 47.5 Å². The van der Waals surface area contributed by atoms with Crippen molar-refractivity contribution >= 4 is 94.9 Å². The van der Waals surface area contributed by atoms with Crippen molar-refractivity contribution in [2.24, 2.45) is 20.5 Å². The van der Waals surface area contributed by atoms with Crippen molar-refractivity contribution < 1.29 is 55.7 Å². The second kappa shape index (κ2) is 18.3. The highest BCUT2D eigenvalue weighted by Gasteiger charge is 2.22. The number of hydrogen-bond acceptors (Lipinski definition) is 18. The van der Waals surface area contributed by atoms with E-state index in [2.05, 4.69) is 46.0 Å². The smallest absolute Gasteiger partial charge is 0.335 e. The maximum Gasteiger partial charge on any atom is 0.335 e. The van der Waals surface area contributed by atoms with E-state index < -0.39 is 42.0 Å². The molecule has 0 unspecified atom stereocenters. The molecule has 0 aliphatic carbocycles. The van der Waals surface area contributed by atoms with Gasteiger partial charge in [-0.25, -0.2) is 14.7 Å². The molecule has 0 saturated carbocycles. The Kier molecular flexibility index (Phi) is 13.0. The second-order valence-corrected chi connectivity index (χ2v) is 15.2. The average Bonchev–Trinajstić information content (AvgIpc) is 3.21. The minimum atomic E-state index is -4.85. The minimum absolute atomic E-state index is 0.0134. The normalized spacial score (nSPS) is 11.9. The van der Waals surface area contributed by atoms with E-state index in [9.17, 15) is 50.8 Å². The molecule has 0 fully saturated rings. The zero-order valence-corrected chi connectivity index (χ0v) is 33.0. The van der Waals surface area contributed by atoms with Crippen LogP contribution in [0.5, 0.6) is 0 Å². The predicted molar refractivity (Wildman–Crippen MR) is 218 cm³/mol. The van der Waals surface area contributed by atoms with Crippen LogP contribution in [0.1, 0.15) is 27.6 Å². The van der Waals surface area contributed by atoms with E-state index in [1.54, 1.807) is 43.3 Å². The maximum absolute atomic E-state index is 12.2. The number of anilines is 5. The monoisotopic (exact) mass is 872 g/mol. The lowest BCUT2D eigenvalue weighted by molar-refractivity contribution is 0.0696. The number of hydroxylamine groups is 1. The molecule has 0 aliphatic heterocycles. The Balaban J connectivity index is 1.23. The molecule has 22 nitrogen and oxygen atoms in total. The Bertz CT molecular complexity index is 2880. The minimum Gasteiger partial charge on any atom is -0.478 e. The van der Waals surface area contributed by atoms with E-state index in [-0.39, 0.29) is 76.6 Å². The molecule has 1 heterocycles. The molecule has 6 rings (SSSR count). The molecule has 1 aromatic heterocycles. The topological polar surface area (TPSA) is 328 Å². The molecular formula is C37H32N10O12S2. The number of aliphatic hydroxyl groups is 1. The summed E-state index contributed by atoms with van der Waals surface area (Å²) in [7, 11) is -9.64. The van der Waals surface area contributed by atoms with Crippen LogP contribution < -0.4 is 15.7 Å². The fourth-order valence-electron chi connectivity index (χ4n) is 5.49. The van der Waals surface area contributed by atoms with Gasteiger partial charge in [-0.2, -0.15) is 52.2 Å². The molecule has 0 aliphatic rings. The number of rotatable bonds is 17. The van der Waals surface area contributed by atoms with Crippen molar-refractivity contribution in [1.29, 1.82) is 0 Å². The van der Waals surface area contributed by atoms with Crippen molar-refractivity contribution in [2.45, 2.75) is 16.7 Å². The van der Waals surface area contributed by atoms with E-state index in [1.807, 2.05) is 0 Å². The van der Waals surface area contributed by atoms with Crippen LogP contribution in [0.15, 0.2) is 127 Å². The summed E-state index contributed by atoms with van der Waals surface area (Å²) in [5.41, 5.74) is 0.930. The molecular weight excluding hydrogens is 841 g/mol. The van der Waals surface area contributed by atoms with Crippen molar-refractivity contribution in [3.63, 3.8) is 0 Å². The van der Waals surface area contributed by atoms with Crippen LogP contribution in [-0.2, 0) is 25.1 Å². The molecule has 7 N–H and O–H groups in total. The predicted octanol–water partition coefficient (Wildman–Crippen LogP) is 6.98. The highest BCUT2D eigenvalue weighted by molar-refractivity contribution is 7.86. The molecule has 24 heteroatoms. The van der Waals surface area contributed by atoms with Gasteiger partial charge in [0.05, 0.1) is 53.6 Å². The summed E-state index contributed by atoms with van der Waals surface area (Å²) in [5.74, 6) is -2.51. The highest BCUT2D eigenvalue weighted by Crippen LogP contribution is 2.34. The summed E-state index contributed by atoms with van der Waals surface area (Å²) in [6.45, 7) is 1.68.